The molecule has 0 aromatic heterocycles. The van der Waals surface area contributed by atoms with Crippen LogP contribution in [0.4, 0.5) is 0 Å². The molecule has 0 atom stereocenters. The highest BCUT2D eigenvalue weighted by molar-refractivity contribution is 6.97. The lowest BCUT2D eigenvalue weighted by atomic mass is 10.3. The molecule has 0 saturated heterocycles. The van der Waals surface area contributed by atoms with Crippen LogP contribution < -0.4 is 5.19 Å². The first-order valence-electron chi connectivity index (χ1n) is 6.67. The maximum absolute atomic E-state index is 2.38. The first-order valence-corrected chi connectivity index (χ1v) is 9.08. The van der Waals surface area contributed by atoms with Crippen molar-refractivity contribution in [1.29, 1.82) is 0 Å². The van der Waals surface area contributed by atoms with Crippen LogP contribution in [-0.4, -0.2) is 8.07 Å². The summed E-state index contributed by atoms with van der Waals surface area (Å²) in [5.74, 6) is 0. The zero-order valence-corrected chi connectivity index (χ0v) is 12.2. The molecular weight excluding hydrogens is 220 g/mol. The van der Waals surface area contributed by atoms with E-state index < -0.39 is 8.07 Å². The van der Waals surface area contributed by atoms with E-state index in [0.717, 1.165) is 0 Å². The minimum atomic E-state index is -1.43. The molecule has 0 amide bonds. The molecule has 0 saturated carbocycles. The van der Waals surface area contributed by atoms with Gasteiger partial charge >= 0.3 is 0 Å². The Morgan fingerprint density at radius 1 is 1.06 bits per heavy atom. The number of allylic oxidation sites excluding steroid dienone is 4. The lowest BCUT2D eigenvalue weighted by Crippen LogP contribution is -2.48. The Kier molecular flexibility index (Phi) is 3.68. The van der Waals surface area contributed by atoms with Crippen LogP contribution in [0.2, 0.25) is 12.1 Å². The van der Waals surface area contributed by atoms with E-state index in [1.54, 1.807) is 10.4 Å². The van der Waals surface area contributed by atoms with E-state index in [-0.39, 0.29) is 0 Å². The number of hydrogen-bond donors (Lipinski definition) is 0. The van der Waals surface area contributed by atoms with Crippen molar-refractivity contribution in [2.24, 2.45) is 0 Å². The van der Waals surface area contributed by atoms with E-state index in [1.165, 1.54) is 24.1 Å². The fourth-order valence-electron chi connectivity index (χ4n) is 3.20. The van der Waals surface area contributed by atoms with Crippen LogP contribution in [-0.2, 0) is 0 Å². The topological polar surface area (TPSA) is 0 Å². The van der Waals surface area contributed by atoms with Crippen molar-refractivity contribution in [2.45, 2.75) is 39.3 Å². The third-order valence-corrected chi connectivity index (χ3v) is 9.88. The molecule has 0 spiro atoms. The summed E-state index contributed by atoms with van der Waals surface area (Å²) in [5.41, 5.74) is 1.53. The zero-order valence-electron chi connectivity index (χ0n) is 11.2. The van der Waals surface area contributed by atoms with Gasteiger partial charge in [0, 0.05) is 0 Å². The minimum Gasteiger partial charge on any atom is -0.0806 e. The monoisotopic (exact) mass is 242 g/mol. The predicted molar refractivity (Wildman–Crippen MR) is 79.2 cm³/mol. The number of rotatable bonds is 4. The summed E-state index contributed by atoms with van der Waals surface area (Å²) in [6.07, 6.45) is 5.83. The van der Waals surface area contributed by atoms with Gasteiger partial charge in [-0.15, -0.1) is 0 Å². The normalized spacial score (nSPS) is 15.7. The van der Waals surface area contributed by atoms with Crippen molar-refractivity contribution in [1.82, 2.24) is 0 Å². The summed E-state index contributed by atoms with van der Waals surface area (Å²) in [6, 6.07) is 13.9. The van der Waals surface area contributed by atoms with Gasteiger partial charge < -0.3 is 0 Å². The van der Waals surface area contributed by atoms with Crippen LogP contribution in [0, 0.1) is 0 Å². The van der Waals surface area contributed by atoms with E-state index >= 15 is 0 Å². The molecule has 0 heterocycles. The Hall–Kier alpha value is -1.08. The smallest absolute Gasteiger partial charge is 0.0806 e. The van der Waals surface area contributed by atoms with Crippen molar-refractivity contribution in [3.63, 3.8) is 0 Å². The SMILES string of the molecule is CC[Si](CC)(C1=C(C)C=CC1)c1ccccc1. The van der Waals surface area contributed by atoms with Crippen LogP contribution in [0.5, 0.6) is 0 Å². The van der Waals surface area contributed by atoms with Gasteiger partial charge in [-0.2, -0.15) is 0 Å². The molecule has 1 aromatic carbocycles. The molecule has 0 aliphatic heterocycles. The van der Waals surface area contributed by atoms with Crippen molar-refractivity contribution in [3.05, 3.63) is 53.3 Å². The highest BCUT2D eigenvalue weighted by Crippen LogP contribution is 2.33. The first-order chi connectivity index (χ1) is 8.24. The van der Waals surface area contributed by atoms with Crippen molar-refractivity contribution in [2.75, 3.05) is 0 Å². The van der Waals surface area contributed by atoms with Gasteiger partial charge in [0.05, 0.1) is 0 Å². The van der Waals surface area contributed by atoms with E-state index in [1.807, 2.05) is 0 Å². The Labute approximate surface area is 106 Å². The van der Waals surface area contributed by atoms with Gasteiger partial charge in [0.2, 0.25) is 0 Å². The molecule has 2 rings (SSSR count). The summed E-state index contributed by atoms with van der Waals surface area (Å²) in [5, 5.41) is 3.37. The van der Waals surface area contributed by atoms with Gasteiger partial charge in [-0.05, 0) is 13.3 Å². The van der Waals surface area contributed by atoms with Gasteiger partial charge in [-0.3, -0.25) is 0 Å². The fraction of sp³-hybridized carbons (Fsp3) is 0.375. The highest BCUT2D eigenvalue weighted by atomic mass is 28.3. The number of benzene rings is 1. The molecule has 1 aromatic rings. The van der Waals surface area contributed by atoms with Crippen LogP contribution in [0.15, 0.2) is 53.3 Å². The summed E-state index contributed by atoms with van der Waals surface area (Å²) in [7, 11) is -1.43. The Morgan fingerprint density at radius 3 is 2.18 bits per heavy atom. The van der Waals surface area contributed by atoms with Crippen molar-refractivity contribution < 1.29 is 0 Å². The van der Waals surface area contributed by atoms with Gasteiger partial charge in [0.25, 0.3) is 0 Å². The molecule has 0 radical (unpaired) electrons. The quantitative estimate of drug-likeness (QED) is 0.694. The van der Waals surface area contributed by atoms with Crippen LogP contribution >= 0.6 is 0 Å². The third kappa shape index (κ3) is 2.04. The molecular formula is C16H22Si. The molecule has 1 aliphatic rings. The minimum absolute atomic E-state index is 1.19. The zero-order chi connectivity index (χ0) is 12.3. The summed E-state index contributed by atoms with van der Waals surface area (Å²) >= 11 is 0. The van der Waals surface area contributed by atoms with Crippen LogP contribution in [0.25, 0.3) is 0 Å². The fourth-order valence-corrected chi connectivity index (χ4v) is 7.90. The first kappa shape index (κ1) is 12.4. The second-order valence-corrected chi connectivity index (χ2v) is 9.68. The second kappa shape index (κ2) is 5.05. The second-order valence-electron chi connectivity index (χ2n) is 4.92. The van der Waals surface area contributed by atoms with E-state index in [2.05, 4.69) is 63.3 Å². The number of hydrogen-bond acceptors (Lipinski definition) is 0. The average molecular weight is 242 g/mol. The van der Waals surface area contributed by atoms with Gasteiger partial charge in [-0.1, -0.05) is 84.4 Å². The standard InChI is InChI=1S/C16H22Si/c1-4-17(5-2,15-11-7-6-8-12-15)16-13-9-10-14(16)3/h6-12H,4-5,13H2,1-3H3. The molecule has 1 aliphatic carbocycles. The molecule has 90 valence electrons. The lowest BCUT2D eigenvalue weighted by Gasteiger charge is -2.33. The third-order valence-electron chi connectivity index (χ3n) is 4.28. The van der Waals surface area contributed by atoms with E-state index in [0.29, 0.717) is 0 Å². The van der Waals surface area contributed by atoms with Crippen molar-refractivity contribution in [3.8, 4) is 0 Å². The van der Waals surface area contributed by atoms with Crippen LogP contribution in [0.3, 0.4) is 0 Å². The van der Waals surface area contributed by atoms with Gasteiger partial charge in [-0.25, -0.2) is 0 Å². The average Bonchev–Trinajstić information content (AvgIpc) is 2.80. The predicted octanol–water partition coefficient (Wildman–Crippen LogP) is 4.20. The Morgan fingerprint density at radius 2 is 1.71 bits per heavy atom. The summed E-state index contributed by atoms with van der Waals surface area (Å²) in [4.78, 5) is 0. The molecule has 17 heavy (non-hydrogen) atoms. The van der Waals surface area contributed by atoms with E-state index in [4.69, 9.17) is 0 Å². The molecule has 0 nitrogen and oxygen atoms in total. The maximum Gasteiger partial charge on any atom is 0.113 e. The summed E-state index contributed by atoms with van der Waals surface area (Å²) in [6.45, 7) is 7.04. The van der Waals surface area contributed by atoms with Gasteiger partial charge in [0.1, 0.15) is 8.07 Å². The summed E-state index contributed by atoms with van der Waals surface area (Å²) < 4.78 is 0. The maximum atomic E-state index is 2.38. The molecule has 0 unspecified atom stereocenters. The Balaban J connectivity index is 2.51. The molecule has 0 fully saturated rings. The molecule has 0 N–H and O–H groups in total. The van der Waals surface area contributed by atoms with E-state index in [9.17, 15) is 0 Å². The molecule has 0 bridgehead atoms. The highest BCUT2D eigenvalue weighted by Gasteiger charge is 2.36. The molecule has 1 heteroatoms. The van der Waals surface area contributed by atoms with Gasteiger partial charge in [0.15, 0.2) is 0 Å². The largest absolute Gasteiger partial charge is 0.113 e. The Bertz CT molecular complexity index is 436. The lowest BCUT2D eigenvalue weighted by molar-refractivity contribution is 1.21. The van der Waals surface area contributed by atoms with Crippen molar-refractivity contribution >= 4 is 13.3 Å². The van der Waals surface area contributed by atoms with Crippen LogP contribution in [0.1, 0.15) is 27.2 Å².